The highest BCUT2D eigenvalue weighted by Crippen LogP contribution is 2.30. The second-order valence-electron chi connectivity index (χ2n) is 7.42. The molecule has 1 aliphatic heterocycles. The van der Waals surface area contributed by atoms with Crippen molar-refractivity contribution < 1.29 is 13.2 Å². The van der Waals surface area contributed by atoms with Gasteiger partial charge in [-0.05, 0) is 12.5 Å². The van der Waals surface area contributed by atoms with Crippen molar-refractivity contribution in [2.45, 2.75) is 18.5 Å². The standard InChI is InChI=1S/C19H17F3N8O/c1-28-17(31)6-12(27-28)11-3-5-29(9-11)15-2-4-23-18(26-15)13-7-25-16-8-24-14(10-30(13)16)19(20,21)22/h2,4,6-8,10-11,27H,3,5,9H2,1H3. The predicted molar refractivity (Wildman–Crippen MR) is 105 cm³/mol. The first-order valence-electron chi connectivity index (χ1n) is 9.54. The monoisotopic (exact) mass is 430 g/mol. The Hall–Kier alpha value is -3.70. The van der Waals surface area contributed by atoms with Crippen molar-refractivity contribution in [3.63, 3.8) is 0 Å². The highest BCUT2D eigenvalue weighted by atomic mass is 19.4. The van der Waals surface area contributed by atoms with Crippen molar-refractivity contribution in [1.82, 2.24) is 34.1 Å². The summed E-state index contributed by atoms with van der Waals surface area (Å²) < 4.78 is 41.9. The van der Waals surface area contributed by atoms with Crippen molar-refractivity contribution in [3.8, 4) is 11.5 Å². The topological polar surface area (TPSA) is 97.0 Å². The Kier molecular flexibility index (Phi) is 4.31. The Morgan fingerprint density at radius 3 is 2.77 bits per heavy atom. The third kappa shape index (κ3) is 3.43. The van der Waals surface area contributed by atoms with Crippen molar-refractivity contribution in [3.05, 3.63) is 58.7 Å². The van der Waals surface area contributed by atoms with Crippen LogP contribution in [0, 0.1) is 0 Å². The van der Waals surface area contributed by atoms with Crippen LogP contribution in [0.3, 0.4) is 0 Å². The molecule has 1 saturated heterocycles. The molecule has 0 aliphatic carbocycles. The molecule has 1 aliphatic rings. The third-order valence-corrected chi connectivity index (χ3v) is 5.41. The van der Waals surface area contributed by atoms with Crippen molar-refractivity contribution in [2.75, 3.05) is 18.0 Å². The predicted octanol–water partition coefficient (Wildman–Crippen LogP) is 2.23. The van der Waals surface area contributed by atoms with E-state index in [1.165, 1.54) is 15.3 Å². The number of aromatic nitrogens is 7. The second-order valence-corrected chi connectivity index (χ2v) is 7.42. The van der Waals surface area contributed by atoms with Gasteiger partial charge in [-0.15, -0.1) is 0 Å². The molecule has 0 amide bonds. The number of hydrogen-bond acceptors (Lipinski definition) is 6. The largest absolute Gasteiger partial charge is 0.434 e. The van der Waals surface area contributed by atoms with E-state index in [4.69, 9.17) is 0 Å². The van der Waals surface area contributed by atoms with Gasteiger partial charge in [-0.2, -0.15) is 13.2 Å². The fraction of sp³-hybridized carbons (Fsp3) is 0.316. The quantitative estimate of drug-likeness (QED) is 0.536. The Bertz CT molecular complexity index is 1320. The number of alkyl halides is 3. The lowest BCUT2D eigenvalue weighted by Crippen LogP contribution is -2.21. The highest BCUT2D eigenvalue weighted by molar-refractivity contribution is 5.58. The van der Waals surface area contributed by atoms with E-state index in [9.17, 15) is 18.0 Å². The van der Waals surface area contributed by atoms with Crippen LogP contribution in [0.2, 0.25) is 0 Å². The molecule has 5 rings (SSSR count). The molecular weight excluding hydrogens is 413 g/mol. The number of halogens is 3. The first-order valence-corrected chi connectivity index (χ1v) is 9.54. The summed E-state index contributed by atoms with van der Waals surface area (Å²) in [6, 6.07) is 3.36. The third-order valence-electron chi connectivity index (χ3n) is 5.41. The van der Waals surface area contributed by atoms with E-state index < -0.39 is 11.9 Å². The number of nitrogens with zero attached hydrogens (tertiary/aromatic N) is 7. The van der Waals surface area contributed by atoms with Crippen LogP contribution in [0.1, 0.15) is 23.7 Å². The number of aryl methyl sites for hydroxylation is 1. The molecule has 0 bridgehead atoms. The van der Waals surface area contributed by atoms with Crippen LogP contribution in [0.15, 0.2) is 41.7 Å². The highest BCUT2D eigenvalue weighted by Gasteiger charge is 2.33. The number of anilines is 1. The molecule has 0 aromatic carbocycles. The van der Waals surface area contributed by atoms with E-state index in [-0.39, 0.29) is 22.9 Å². The number of H-pyrrole nitrogens is 1. The summed E-state index contributed by atoms with van der Waals surface area (Å²) in [7, 11) is 1.67. The summed E-state index contributed by atoms with van der Waals surface area (Å²) >= 11 is 0. The molecule has 0 radical (unpaired) electrons. The van der Waals surface area contributed by atoms with Gasteiger partial charge in [0, 0.05) is 50.2 Å². The van der Waals surface area contributed by atoms with Gasteiger partial charge >= 0.3 is 6.18 Å². The maximum Gasteiger partial charge on any atom is 0.434 e. The summed E-state index contributed by atoms with van der Waals surface area (Å²) in [5, 5.41) is 3.06. The van der Waals surface area contributed by atoms with Gasteiger partial charge in [-0.1, -0.05) is 0 Å². The first-order chi connectivity index (χ1) is 14.8. The van der Waals surface area contributed by atoms with Gasteiger partial charge < -0.3 is 4.90 Å². The van der Waals surface area contributed by atoms with Crippen LogP contribution >= 0.6 is 0 Å². The summed E-state index contributed by atoms with van der Waals surface area (Å²) in [5.41, 5.74) is 0.380. The van der Waals surface area contributed by atoms with Crippen molar-refractivity contribution in [1.29, 1.82) is 0 Å². The zero-order chi connectivity index (χ0) is 21.8. The fourth-order valence-corrected chi connectivity index (χ4v) is 3.79. The molecule has 31 heavy (non-hydrogen) atoms. The van der Waals surface area contributed by atoms with Crippen LogP contribution in [0.25, 0.3) is 17.2 Å². The van der Waals surface area contributed by atoms with Gasteiger partial charge in [0.15, 0.2) is 17.2 Å². The molecule has 0 spiro atoms. The molecule has 4 aromatic heterocycles. The van der Waals surface area contributed by atoms with Gasteiger partial charge in [0.2, 0.25) is 0 Å². The summed E-state index contributed by atoms with van der Waals surface area (Å²) in [6.07, 6.45) is 1.24. The van der Waals surface area contributed by atoms with E-state index in [0.717, 1.165) is 31.1 Å². The lowest BCUT2D eigenvalue weighted by Gasteiger charge is -2.17. The van der Waals surface area contributed by atoms with E-state index in [1.54, 1.807) is 25.4 Å². The smallest absolute Gasteiger partial charge is 0.356 e. The van der Waals surface area contributed by atoms with Crippen LogP contribution in [-0.4, -0.2) is 47.2 Å². The number of aromatic amines is 1. The molecule has 1 fully saturated rings. The van der Waals surface area contributed by atoms with Gasteiger partial charge in [0.25, 0.3) is 5.56 Å². The minimum atomic E-state index is -4.57. The number of imidazole rings is 1. The molecule has 5 heterocycles. The van der Waals surface area contributed by atoms with E-state index in [0.29, 0.717) is 18.1 Å². The van der Waals surface area contributed by atoms with Crippen LogP contribution in [0.4, 0.5) is 19.0 Å². The molecule has 1 N–H and O–H groups in total. The Balaban J connectivity index is 1.45. The number of hydrogen-bond donors (Lipinski definition) is 1. The van der Waals surface area contributed by atoms with Crippen molar-refractivity contribution >= 4 is 11.5 Å². The molecule has 4 aromatic rings. The van der Waals surface area contributed by atoms with Gasteiger partial charge in [0.1, 0.15) is 11.5 Å². The SMILES string of the molecule is Cn1[nH]c(C2CCN(c3ccnc(-c4cnc5cnc(C(F)(F)F)cn45)n3)C2)cc1=O. The molecular formula is C19H17F3N8O. The minimum Gasteiger partial charge on any atom is -0.356 e. The minimum absolute atomic E-state index is 0.0851. The summed E-state index contributed by atoms with van der Waals surface area (Å²) in [4.78, 5) is 30.1. The number of nitrogens with one attached hydrogen (secondary N) is 1. The van der Waals surface area contributed by atoms with Crippen LogP contribution < -0.4 is 10.5 Å². The zero-order valence-corrected chi connectivity index (χ0v) is 16.3. The van der Waals surface area contributed by atoms with Crippen LogP contribution in [0.5, 0.6) is 0 Å². The maximum absolute atomic E-state index is 13.1. The Morgan fingerprint density at radius 1 is 1.19 bits per heavy atom. The lowest BCUT2D eigenvalue weighted by molar-refractivity contribution is -0.141. The van der Waals surface area contributed by atoms with Gasteiger partial charge in [0.05, 0.1) is 12.4 Å². The van der Waals surface area contributed by atoms with Crippen LogP contribution in [-0.2, 0) is 13.2 Å². The second kappa shape index (κ2) is 6.93. The molecule has 9 nitrogen and oxygen atoms in total. The zero-order valence-electron chi connectivity index (χ0n) is 16.3. The fourth-order valence-electron chi connectivity index (χ4n) is 3.79. The van der Waals surface area contributed by atoms with E-state index in [1.807, 2.05) is 0 Å². The number of rotatable bonds is 3. The number of fused-ring (bicyclic) bond motifs is 1. The normalized spacial score (nSPS) is 17.0. The maximum atomic E-state index is 13.1. The Labute approximate surface area is 173 Å². The van der Waals surface area contributed by atoms with Gasteiger partial charge in [-0.25, -0.2) is 19.9 Å². The molecule has 0 saturated carbocycles. The van der Waals surface area contributed by atoms with Gasteiger partial charge in [-0.3, -0.25) is 19.0 Å². The average molecular weight is 430 g/mol. The first kappa shape index (κ1) is 19.3. The summed E-state index contributed by atoms with van der Waals surface area (Å²) in [6.45, 7) is 1.39. The average Bonchev–Trinajstić information content (AvgIpc) is 3.46. The molecule has 160 valence electrons. The summed E-state index contributed by atoms with van der Waals surface area (Å²) in [5.74, 6) is 1.08. The molecule has 1 atom stereocenters. The molecule has 12 heteroatoms. The van der Waals surface area contributed by atoms with E-state index >= 15 is 0 Å². The van der Waals surface area contributed by atoms with Crippen molar-refractivity contribution in [2.24, 2.45) is 7.05 Å². The Morgan fingerprint density at radius 2 is 2.03 bits per heavy atom. The van der Waals surface area contributed by atoms with E-state index in [2.05, 4.69) is 29.9 Å². The lowest BCUT2D eigenvalue weighted by atomic mass is 10.1. The molecule has 1 unspecified atom stereocenters.